The Kier molecular flexibility index (Phi) is 6.86. The fraction of sp³-hybridized carbons (Fsp3) is 0.115. The second-order valence-electron chi connectivity index (χ2n) is 7.86. The van der Waals surface area contributed by atoms with Gasteiger partial charge in [0.15, 0.2) is 0 Å². The van der Waals surface area contributed by atoms with Gasteiger partial charge in [0.2, 0.25) is 0 Å². The number of nitrogens with zero attached hydrogens (tertiary/aromatic N) is 1. The van der Waals surface area contributed by atoms with Crippen molar-refractivity contribution >= 4 is 57.1 Å². The predicted molar refractivity (Wildman–Crippen MR) is 135 cm³/mol. The molecule has 3 aromatic rings. The van der Waals surface area contributed by atoms with Crippen LogP contribution in [0.1, 0.15) is 22.3 Å². The molecule has 3 aromatic carbocycles. The monoisotopic (exact) mass is 538 g/mol. The first-order valence-corrected chi connectivity index (χ1v) is 11.6. The highest BCUT2D eigenvalue weighted by Gasteiger charge is 2.37. The molecule has 0 aliphatic carbocycles. The maximum atomic E-state index is 13.1. The summed E-state index contributed by atoms with van der Waals surface area (Å²) < 4.78 is 6.63. The Morgan fingerprint density at radius 3 is 2.53 bits per heavy atom. The lowest BCUT2D eigenvalue weighted by atomic mass is 10.1. The van der Waals surface area contributed by atoms with Gasteiger partial charge in [-0.3, -0.25) is 14.9 Å². The number of aryl methyl sites for hydroxylation is 2. The van der Waals surface area contributed by atoms with Crippen LogP contribution in [0.15, 0.2) is 70.7 Å². The molecule has 1 aliphatic heterocycles. The van der Waals surface area contributed by atoms with Crippen LogP contribution in [0.2, 0.25) is 5.02 Å². The highest BCUT2D eigenvalue weighted by molar-refractivity contribution is 9.10. The van der Waals surface area contributed by atoms with Crippen LogP contribution in [-0.2, 0) is 16.2 Å². The zero-order valence-corrected chi connectivity index (χ0v) is 20.7. The van der Waals surface area contributed by atoms with Crippen LogP contribution in [0.5, 0.6) is 5.75 Å². The Morgan fingerprint density at radius 1 is 1.03 bits per heavy atom. The molecule has 8 heteroatoms. The molecule has 0 unspecified atom stereocenters. The molecular formula is C26H20BrClN2O4. The minimum absolute atomic E-state index is 0.175. The molecule has 0 aromatic heterocycles. The Labute approximate surface area is 210 Å². The summed E-state index contributed by atoms with van der Waals surface area (Å²) in [4.78, 5) is 39.0. The van der Waals surface area contributed by atoms with Crippen molar-refractivity contribution in [3.8, 4) is 5.75 Å². The average molecular weight is 540 g/mol. The zero-order valence-electron chi connectivity index (χ0n) is 18.4. The third kappa shape index (κ3) is 5.05. The number of carbonyl (C=O) groups is 3. The van der Waals surface area contributed by atoms with Crippen molar-refractivity contribution in [2.75, 3.05) is 4.90 Å². The molecule has 0 spiro atoms. The van der Waals surface area contributed by atoms with Gasteiger partial charge in [0.05, 0.1) is 10.7 Å². The van der Waals surface area contributed by atoms with Gasteiger partial charge in [0.25, 0.3) is 11.8 Å². The number of barbiturate groups is 1. The second-order valence-corrected chi connectivity index (χ2v) is 9.18. The maximum Gasteiger partial charge on any atom is 0.335 e. The number of imide groups is 2. The van der Waals surface area contributed by atoms with E-state index in [4.69, 9.17) is 16.3 Å². The van der Waals surface area contributed by atoms with E-state index in [2.05, 4.69) is 21.2 Å². The molecule has 1 N–H and O–H groups in total. The van der Waals surface area contributed by atoms with Gasteiger partial charge in [-0.15, -0.1) is 0 Å². The van der Waals surface area contributed by atoms with Crippen LogP contribution in [0.3, 0.4) is 0 Å². The molecule has 1 heterocycles. The number of hydrogen-bond donors (Lipinski definition) is 1. The number of hydrogen-bond acceptors (Lipinski definition) is 4. The second kappa shape index (κ2) is 9.83. The van der Waals surface area contributed by atoms with E-state index >= 15 is 0 Å². The summed E-state index contributed by atoms with van der Waals surface area (Å²) in [6, 6.07) is 17.3. The number of halogens is 2. The van der Waals surface area contributed by atoms with Gasteiger partial charge in [-0.25, -0.2) is 9.69 Å². The van der Waals surface area contributed by atoms with Crippen LogP contribution in [0, 0.1) is 13.8 Å². The molecular weight excluding hydrogens is 520 g/mol. The van der Waals surface area contributed by atoms with Gasteiger partial charge >= 0.3 is 6.03 Å². The van der Waals surface area contributed by atoms with E-state index < -0.39 is 17.8 Å². The van der Waals surface area contributed by atoms with E-state index in [9.17, 15) is 14.4 Å². The van der Waals surface area contributed by atoms with Gasteiger partial charge in [0, 0.05) is 4.47 Å². The number of nitrogens with one attached hydrogen (secondary N) is 1. The Balaban J connectivity index is 1.58. The van der Waals surface area contributed by atoms with Crippen LogP contribution in [-0.4, -0.2) is 17.8 Å². The van der Waals surface area contributed by atoms with E-state index in [1.807, 2.05) is 31.2 Å². The minimum Gasteiger partial charge on any atom is -0.487 e. The van der Waals surface area contributed by atoms with Gasteiger partial charge in [-0.1, -0.05) is 63.4 Å². The molecule has 6 nitrogen and oxygen atoms in total. The summed E-state index contributed by atoms with van der Waals surface area (Å²) in [7, 11) is 0. The molecule has 34 heavy (non-hydrogen) atoms. The maximum absolute atomic E-state index is 13.1. The first-order chi connectivity index (χ1) is 16.2. The quantitative estimate of drug-likeness (QED) is 0.320. The average Bonchev–Trinajstić information content (AvgIpc) is 2.77. The summed E-state index contributed by atoms with van der Waals surface area (Å²) in [5.74, 6) is -1.00. The van der Waals surface area contributed by atoms with Crippen molar-refractivity contribution in [2.24, 2.45) is 0 Å². The van der Waals surface area contributed by atoms with Gasteiger partial charge < -0.3 is 4.74 Å². The lowest BCUT2D eigenvalue weighted by molar-refractivity contribution is -0.122. The highest BCUT2D eigenvalue weighted by atomic mass is 79.9. The molecule has 1 saturated heterocycles. The SMILES string of the molecule is Cc1cccc(COc2ccc(/C=C3/C(=O)NC(=O)N(c4ccc(Br)cc4C)C3=O)cc2Cl)c1. The van der Waals surface area contributed by atoms with Crippen LogP contribution < -0.4 is 15.0 Å². The summed E-state index contributed by atoms with van der Waals surface area (Å²) in [6.45, 7) is 4.14. The molecule has 0 radical (unpaired) electrons. The molecule has 1 aliphatic rings. The third-order valence-corrected chi connectivity index (χ3v) is 6.03. The topological polar surface area (TPSA) is 75.7 Å². The number of benzene rings is 3. The van der Waals surface area contributed by atoms with E-state index in [1.165, 1.54) is 6.08 Å². The largest absolute Gasteiger partial charge is 0.487 e. The van der Waals surface area contributed by atoms with Gasteiger partial charge in [-0.05, 0) is 66.9 Å². The Bertz CT molecular complexity index is 1350. The van der Waals surface area contributed by atoms with Crippen molar-refractivity contribution in [3.05, 3.63) is 98.0 Å². The fourth-order valence-corrected chi connectivity index (χ4v) is 4.32. The number of ether oxygens (including phenoxy) is 1. The van der Waals surface area contributed by atoms with E-state index in [0.29, 0.717) is 34.2 Å². The first-order valence-electron chi connectivity index (χ1n) is 10.4. The first kappa shape index (κ1) is 23.7. The standard InChI is InChI=1S/C26H20BrClN2O4/c1-15-4-3-5-18(10-15)14-34-23-9-6-17(13-21(23)28)12-20-24(31)29-26(33)30(25(20)32)22-8-7-19(27)11-16(22)2/h3-13H,14H2,1-2H3,(H,29,31,33)/b20-12-. The van der Waals surface area contributed by atoms with Crippen LogP contribution in [0.25, 0.3) is 6.08 Å². The molecule has 172 valence electrons. The molecule has 1 fully saturated rings. The number of anilines is 1. The Morgan fingerprint density at radius 2 is 1.82 bits per heavy atom. The van der Waals surface area contributed by atoms with E-state index in [0.717, 1.165) is 20.5 Å². The molecule has 4 rings (SSSR count). The van der Waals surface area contributed by atoms with Gasteiger partial charge in [-0.2, -0.15) is 0 Å². The molecule has 4 amide bonds. The van der Waals surface area contributed by atoms with Crippen molar-refractivity contribution in [3.63, 3.8) is 0 Å². The predicted octanol–water partition coefficient (Wildman–Crippen LogP) is 5.96. The van der Waals surface area contributed by atoms with Crippen LogP contribution in [0.4, 0.5) is 10.5 Å². The Hall–Kier alpha value is -3.42. The summed E-state index contributed by atoms with van der Waals surface area (Å²) in [6.07, 6.45) is 1.40. The molecule has 0 atom stereocenters. The third-order valence-electron chi connectivity index (χ3n) is 5.25. The van der Waals surface area contributed by atoms with Crippen LogP contribution >= 0.6 is 27.5 Å². The van der Waals surface area contributed by atoms with Crippen molar-refractivity contribution in [2.45, 2.75) is 20.5 Å². The van der Waals surface area contributed by atoms with Gasteiger partial charge in [0.1, 0.15) is 17.9 Å². The van der Waals surface area contributed by atoms with Crippen molar-refractivity contribution in [1.82, 2.24) is 5.32 Å². The number of carbonyl (C=O) groups excluding carboxylic acids is 3. The smallest absolute Gasteiger partial charge is 0.335 e. The lowest BCUT2D eigenvalue weighted by Crippen LogP contribution is -2.54. The number of urea groups is 1. The van der Waals surface area contributed by atoms with Crippen molar-refractivity contribution in [1.29, 1.82) is 0 Å². The van der Waals surface area contributed by atoms with E-state index in [-0.39, 0.29) is 5.57 Å². The number of rotatable bonds is 5. The summed E-state index contributed by atoms with van der Waals surface area (Å²) >= 11 is 9.76. The highest BCUT2D eigenvalue weighted by Crippen LogP contribution is 2.30. The summed E-state index contributed by atoms with van der Waals surface area (Å²) in [5.41, 5.74) is 3.58. The normalized spacial score (nSPS) is 15.0. The lowest BCUT2D eigenvalue weighted by Gasteiger charge is -2.27. The summed E-state index contributed by atoms with van der Waals surface area (Å²) in [5, 5.41) is 2.56. The van der Waals surface area contributed by atoms with E-state index in [1.54, 1.807) is 43.3 Å². The number of amides is 4. The molecule has 0 saturated carbocycles. The zero-order chi connectivity index (χ0) is 24.4. The fourth-order valence-electron chi connectivity index (χ4n) is 3.60. The van der Waals surface area contributed by atoms with Crippen molar-refractivity contribution < 1.29 is 19.1 Å². The minimum atomic E-state index is -0.796. The molecule has 0 bridgehead atoms.